The lowest BCUT2D eigenvalue weighted by Crippen LogP contribution is -2.26. The zero-order valence-corrected chi connectivity index (χ0v) is 12.3. The maximum Gasteiger partial charge on any atom is 0.412 e. The molecule has 1 saturated carbocycles. The van der Waals surface area contributed by atoms with Crippen molar-refractivity contribution in [2.75, 3.05) is 19.0 Å². The summed E-state index contributed by atoms with van der Waals surface area (Å²) >= 11 is 0. The Morgan fingerprint density at radius 2 is 2.23 bits per heavy atom. The molecule has 7 heteroatoms. The minimum Gasteiger partial charge on any atom is -0.453 e. The second-order valence-electron chi connectivity index (χ2n) is 5.34. The molecular weight excluding hydrogens is 284 g/mol. The van der Waals surface area contributed by atoms with Crippen LogP contribution in [0.5, 0.6) is 0 Å². The van der Waals surface area contributed by atoms with Crippen molar-refractivity contribution in [1.29, 1.82) is 0 Å². The lowest BCUT2D eigenvalue weighted by molar-refractivity contribution is -0.122. The molecule has 2 aromatic heterocycles. The van der Waals surface area contributed by atoms with Gasteiger partial charge >= 0.3 is 6.09 Å². The highest BCUT2D eigenvalue weighted by Gasteiger charge is 2.29. The van der Waals surface area contributed by atoms with Crippen LogP contribution in [-0.4, -0.2) is 35.6 Å². The standard InChI is InChI=1S/C15H18N4O3/c1-22-15(21)19-12-5-4-11-13(18-12)10(8-17-11)6-7-16-14(20)9-2-3-9/h4-5,8-9,17H,2-3,6-7H2,1H3,(H,16,20)(H,18,19,21). The van der Waals surface area contributed by atoms with E-state index in [1.165, 1.54) is 7.11 Å². The van der Waals surface area contributed by atoms with Crippen LogP contribution in [0.4, 0.5) is 10.6 Å². The third-order valence-corrected chi connectivity index (χ3v) is 3.66. The highest BCUT2D eigenvalue weighted by molar-refractivity contribution is 5.87. The lowest BCUT2D eigenvalue weighted by Gasteiger charge is -2.05. The van der Waals surface area contributed by atoms with E-state index in [0.29, 0.717) is 18.8 Å². The van der Waals surface area contributed by atoms with Gasteiger partial charge in [-0.3, -0.25) is 10.1 Å². The smallest absolute Gasteiger partial charge is 0.412 e. The van der Waals surface area contributed by atoms with Crippen molar-refractivity contribution in [2.45, 2.75) is 19.3 Å². The van der Waals surface area contributed by atoms with Crippen molar-refractivity contribution >= 4 is 28.9 Å². The summed E-state index contributed by atoms with van der Waals surface area (Å²) in [4.78, 5) is 30.4. The topological polar surface area (TPSA) is 96.1 Å². The molecule has 2 aromatic rings. The molecule has 2 amide bonds. The van der Waals surface area contributed by atoms with Crippen LogP contribution in [0.2, 0.25) is 0 Å². The normalized spacial score (nSPS) is 13.9. The SMILES string of the molecule is COC(=O)Nc1ccc2[nH]cc(CCNC(=O)C3CC3)c2n1. The minimum atomic E-state index is -0.555. The number of anilines is 1. The molecule has 0 unspecified atom stereocenters. The molecule has 22 heavy (non-hydrogen) atoms. The third kappa shape index (κ3) is 3.19. The number of rotatable bonds is 5. The van der Waals surface area contributed by atoms with E-state index in [4.69, 9.17) is 0 Å². The predicted octanol–water partition coefficient (Wildman–Crippen LogP) is 1.81. The van der Waals surface area contributed by atoms with Gasteiger partial charge in [-0.25, -0.2) is 9.78 Å². The van der Waals surface area contributed by atoms with Gasteiger partial charge < -0.3 is 15.0 Å². The van der Waals surface area contributed by atoms with Gasteiger partial charge in [0.25, 0.3) is 0 Å². The first-order valence-electron chi connectivity index (χ1n) is 7.27. The van der Waals surface area contributed by atoms with E-state index in [0.717, 1.165) is 29.4 Å². The van der Waals surface area contributed by atoms with E-state index in [1.54, 1.807) is 6.07 Å². The molecule has 0 radical (unpaired) electrons. The highest BCUT2D eigenvalue weighted by Crippen LogP contribution is 2.28. The summed E-state index contributed by atoms with van der Waals surface area (Å²) in [6, 6.07) is 3.55. The summed E-state index contributed by atoms with van der Waals surface area (Å²) in [7, 11) is 1.30. The van der Waals surface area contributed by atoms with E-state index in [2.05, 4.69) is 25.3 Å². The summed E-state index contributed by atoms with van der Waals surface area (Å²) in [5, 5.41) is 5.48. The number of aromatic amines is 1. The molecule has 1 aliphatic carbocycles. The fourth-order valence-electron chi connectivity index (χ4n) is 2.28. The molecule has 0 bridgehead atoms. The van der Waals surface area contributed by atoms with Gasteiger partial charge in [0.05, 0.1) is 18.1 Å². The lowest BCUT2D eigenvalue weighted by atomic mass is 10.2. The van der Waals surface area contributed by atoms with Gasteiger partial charge in [0.1, 0.15) is 5.82 Å². The molecule has 0 aliphatic heterocycles. The minimum absolute atomic E-state index is 0.140. The van der Waals surface area contributed by atoms with Crippen LogP contribution in [-0.2, 0) is 16.0 Å². The average Bonchev–Trinajstić information content (AvgIpc) is 3.30. The third-order valence-electron chi connectivity index (χ3n) is 3.66. The summed E-state index contributed by atoms with van der Waals surface area (Å²) in [6.07, 6.45) is 4.02. The summed E-state index contributed by atoms with van der Waals surface area (Å²) in [5.41, 5.74) is 2.67. The van der Waals surface area contributed by atoms with Gasteiger partial charge in [-0.15, -0.1) is 0 Å². The van der Waals surface area contributed by atoms with E-state index in [1.807, 2.05) is 12.3 Å². The molecule has 0 saturated heterocycles. The van der Waals surface area contributed by atoms with E-state index >= 15 is 0 Å². The van der Waals surface area contributed by atoms with Crippen molar-refractivity contribution < 1.29 is 14.3 Å². The molecule has 0 spiro atoms. The summed E-state index contributed by atoms with van der Waals surface area (Å²) < 4.78 is 4.55. The Morgan fingerprint density at radius 1 is 1.41 bits per heavy atom. The van der Waals surface area contributed by atoms with E-state index < -0.39 is 6.09 Å². The summed E-state index contributed by atoms with van der Waals surface area (Å²) in [5.74, 6) is 0.792. The first kappa shape index (κ1) is 14.4. The molecule has 1 fully saturated rings. The number of amides is 2. The predicted molar refractivity (Wildman–Crippen MR) is 81.6 cm³/mol. The van der Waals surface area contributed by atoms with Crippen molar-refractivity contribution in [3.8, 4) is 0 Å². The quantitative estimate of drug-likeness (QED) is 0.785. The fourth-order valence-corrected chi connectivity index (χ4v) is 2.28. The van der Waals surface area contributed by atoms with Crippen LogP contribution < -0.4 is 10.6 Å². The number of hydrogen-bond donors (Lipinski definition) is 3. The Balaban J connectivity index is 1.67. The van der Waals surface area contributed by atoms with Crippen LogP contribution in [0.1, 0.15) is 18.4 Å². The maximum absolute atomic E-state index is 11.6. The van der Waals surface area contributed by atoms with Crippen LogP contribution in [0.3, 0.4) is 0 Å². The van der Waals surface area contributed by atoms with Crippen molar-refractivity contribution in [2.24, 2.45) is 5.92 Å². The van der Waals surface area contributed by atoms with Crippen molar-refractivity contribution in [1.82, 2.24) is 15.3 Å². The number of aromatic nitrogens is 2. The van der Waals surface area contributed by atoms with Gasteiger partial charge in [0.2, 0.25) is 5.91 Å². The molecule has 0 aromatic carbocycles. The van der Waals surface area contributed by atoms with Gasteiger partial charge in [-0.2, -0.15) is 0 Å². The Morgan fingerprint density at radius 3 is 2.95 bits per heavy atom. The number of hydrogen-bond acceptors (Lipinski definition) is 4. The van der Waals surface area contributed by atoms with Crippen molar-refractivity contribution in [3.63, 3.8) is 0 Å². The van der Waals surface area contributed by atoms with Gasteiger partial charge in [-0.1, -0.05) is 0 Å². The largest absolute Gasteiger partial charge is 0.453 e. The Hall–Kier alpha value is -2.57. The number of carbonyl (C=O) groups is 2. The molecule has 3 rings (SSSR count). The van der Waals surface area contributed by atoms with Crippen LogP contribution in [0.15, 0.2) is 18.3 Å². The first-order valence-corrected chi connectivity index (χ1v) is 7.27. The number of nitrogens with zero attached hydrogens (tertiary/aromatic N) is 1. The molecule has 116 valence electrons. The number of pyridine rings is 1. The molecule has 7 nitrogen and oxygen atoms in total. The summed E-state index contributed by atoms with van der Waals surface area (Å²) in [6.45, 7) is 0.582. The van der Waals surface area contributed by atoms with E-state index in [-0.39, 0.29) is 11.8 Å². The second kappa shape index (κ2) is 6.05. The number of H-pyrrole nitrogens is 1. The van der Waals surface area contributed by atoms with Gasteiger partial charge in [0.15, 0.2) is 0 Å². The molecule has 0 atom stereocenters. The van der Waals surface area contributed by atoms with Gasteiger partial charge in [0, 0.05) is 18.7 Å². The molecule has 3 N–H and O–H groups in total. The van der Waals surface area contributed by atoms with Crippen LogP contribution >= 0.6 is 0 Å². The Labute approximate surface area is 127 Å². The Bertz CT molecular complexity index is 706. The highest BCUT2D eigenvalue weighted by atomic mass is 16.5. The number of fused-ring (bicyclic) bond motifs is 1. The number of carbonyl (C=O) groups excluding carboxylic acids is 2. The zero-order chi connectivity index (χ0) is 15.5. The Kier molecular flexibility index (Phi) is 3.95. The number of methoxy groups -OCH3 is 1. The number of nitrogens with one attached hydrogen (secondary N) is 3. The van der Waals surface area contributed by atoms with E-state index in [9.17, 15) is 9.59 Å². The second-order valence-corrected chi connectivity index (χ2v) is 5.34. The first-order chi connectivity index (χ1) is 10.7. The van der Waals surface area contributed by atoms with Gasteiger partial charge in [-0.05, 0) is 37.0 Å². The maximum atomic E-state index is 11.6. The molecule has 2 heterocycles. The molecule has 1 aliphatic rings. The monoisotopic (exact) mass is 302 g/mol. The number of ether oxygens (including phenoxy) is 1. The fraction of sp³-hybridized carbons (Fsp3) is 0.400. The van der Waals surface area contributed by atoms with Crippen LogP contribution in [0, 0.1) is 5.92 Å². The average molecular weight is 302 g/mol. The van der Waals surface area contributed by atoms with Crippen molar-refractivity contribution in [3.05, 3.63) is 23.9 Å². The van der Waals surface area contributed by atoms with Crippen LogP contribution in [0.25, 0.3) is 11.0 Å². The molecular formula is C15H18N4O3. The zero-order valence-electron chi connectivity index (χ0n) is 12.3.